The summed E-state index contributed by atoms with van der Waals surface area (Å²) in [5, 5.41) is 14.6. The largest absolute Gasteiger partial charge is 0.493 e. The predicted octanol–water partition coefficient (Wildman–Crippen LogP) is 2.23. The number of aromatic nitrogens is 3. The lowest BCUT2D eigenvalue weighted by molar-refractivity contribution is 0.310. The van der Waals surface area contributed by atoms with Crippen LogP contribution >= 0.6 is 24.0 Å². The van der Waals surface area contributed by atoms with E-state index in [4.69, 9.17) is 9.47 Å². The van der Waals surface area contributed by atoms with Gasteiger partial charge in [-0.05, 0) is 24.6 Å². The molecule has 0 aliphatic rings. The molecule has 0 aliphatic heterocycles. The molecular weight excluding hydrogens is 459 g/mol. The Morgan fingerprint density at radius 1 is 1.22 bits per heavy atom. The molecule has 0 bridgehead atoms. The van der Waals surface area contributed by atoms with Gasteiger partial charge in [-0.1, -0.05) is 13.0 Å². The van der Waals surface area contributed by atoms with Crippen molar-refractivity contribution >= 4 is 29.9 Å². The van der Waals surface area contributed by atoms with Gasteiger partial charge in [0.2, 0.25) is 0 Å². The minimum atomic E-state index is 0. The van der Waals surface area contributed by atoms with Gasteiger partial charge in [0.1, 0.15) is 12.2 Å². The van der Waals surface area contributed by atoms with E-state index >= 15 is 0 Å². The monoisotopic (exact) mass is 488 g/mol. The molecule has 150 valence electrons. The first-order chi connectivity index (χ1) is 12.7. The number of benzene rings is 1. The molecule has 0 fully saturated rings. The standard InChI is InChI=1S/C18H28N6O2.HI/c1-5-17-23-22-13-24(17)10-9-20-18(19-3)21-12-14-7-8-15(25-4)16(11-14)26-6-2;/h7-8,11,13H,5-6,9-10,12H2,1-4H3,(H2,19,20,21);1H. The van der Waals surface area contributed by atoms with E-state index in [9.17, 15) is 0 Å². The predicted molar refractivity (Wildman–Crippen MR) is 117 cm³/mol. The number of halogens is 1. The fourth-order valence-corrected chi connectivity index (χ4v) is 2.54. The number of ether oxygens (including phenoxy) is 2. The average Bonchev–Trinajstić information content (AvgIpc) is 3.12. The third-order valence-electron chi connectivity index (χ3n) is 3.87. The Hall–Kier alpha value is -2.04. The summed E-state index contributed by atoms with van der Waals surface area (Å²) in [7, 11) is 3.40. The molecule has 27 heavy (non-hydrogen) atoms. The van der Waals surface area contributed by atoms with E-state index in [1.54, 1.807) is 20.5 Å². The third-order valence-corrected chi connectivity index (χ3v) is 3.87. The van der Waals surface area contributed by atoms with Crippen molar-refractivity contribution < 1.29 is 9.47 Å². The molecule has 0 saturated carbocycles. The second kappa shape index (κ2) is 12.4. The molecule has 0 unspecified atom stereocenters. The number of guanidine groups is 1. The smallest absolute Gasteiger partial charge is 0.191 e. The van der Waals surface area contributed by atoms with Crippen molar-refractivity contribution in [1.82, 2.24) is 25.4 Å². The molecule has 0 spiro atoms. The Balaban J connectivity index is 0.00000364. The zero-order valence-corrected chi connectivity index (χ0v) is 18.7. The van der Waals surface area contributed by atoms with Gasteiger partial charge in [-0.15, -0.1) is 34.2 Å². The summed E-state index contributed by atoms with van der Waals surface area (Å²) < 4.78 is 13.0. The van der Waals surface area contributed by atoms with Crippen molar-refractivity contribution in [2.24, 2.45) is 4.99 Å². The van der Waals surface area contributed by atoms with Crippen molar-refractivity contribution in [3.05, 3.63) is 35.9 Å². The van der Waals surface area contributed by atoms with Gasteiger partial charge in [-0.2, -0.15) is 0 Å². The van der Waals surface area contributed by atoms with Crippen LogP contribution in [0.15, 0.2) is 29.5 Å². The molecule has 2 rings (SSSR count). The number of methoxy groups -OCH3 is 1. The molecule has 1 aromatic heterocycles. The van der Waals surface area contributed by atoms with Crippen LogP contribution < -0.4 is 20.1 Å². The number of aliphatic imine (C=N–C) groups is 1. The van der Waals surface area contributed by atoms with Gasteiger partial charge in [0.25, 0.3) is 0 Å². The summed E-state index contributed by atoms with van der Waals surface area (Å²) in [6.07, 6.45) is 2.62. The van der Waals surface area contributed by atoms with Crippen LogP contribution in [-0.2, 0) is 19.5 Å². The average molecular weight is 488 g/mol. The van der Waals surface area contributed by atoms with Crippen molar-refractivity contribution in [2.45, 2.75) is 33.4 Å². The maximum atomic E-state index is 5.62. The molecule has 1 aromatic carbocycles. The zero-order valence-electron chi connectivity index (χ0n) is 16.4. The second-order valence-corrected chi connectivity index (χ2v) is 5.56. The lowest BCUT2D eigenvalue weighted by Crippen LogP contribution is -2.38. The van der Waals surface area contributed by atoms with E-state index in [0.29, 0.717) is 13.2 Å². The van der Waals surface area contributed by atoms with E-state index in [1.807, 2.05) is 29.7 Å². The van der Waals surface area contributed by atoms with Gasteiger partial charge in [0, 0.05) is 33.1 Å². The van der Waals surface area contributed by atoms with Gasteiger partial charge in [-0.25, -0.2) is 0 Å². The highest BCUT2D eigenvalue weighted by molar-refractivity contribution is 14.0. The minimum absolute atomic E-state index is 0. The maximum Gasteiger partial charge on any atom is 0.191 e. The molecule has 0 atom stereocenters. The Morgan fingerprint density at radius 3 is 2.70 bits per heavy atom. The molecule has 8 nitrogen and oxygen atoms in total. The fourth-order valence-electron chi connectivity index (χ4n) is 2.54. The van der Waals surface area contributed by atoms with Crippen LogP contribution in [0.25, 0.3) is 0 Å². The van der Waals surface area contributed by atoms with Crippen LogP contribution in [0.1, 0.15) is 25.2 Å². The van der Waals surface area contributed by atoms with Gasteiger partial charge < -0.3 is 24.7 Å². The first kappa shape index (κ1) is 23.0. The van der Waals surface area contributed by atoms with Crippen LogP contribution in [0.4, 0.5) is 0 Å². The van der Waals surface area contributed by atoms with Crippen molar-refractivity contribution in [3.8, 4) is 11.5 Å². The zero-order chi connectivity index (χ0) is 18.8. The number of hydrogen-bond acceptors (Lipinski definition) is 5. The molecule has 0 saturated heterocycles. The number of hydrogen-bond donors (Lipinski definition) is 2. The van der Waals surface area contributed by atoms with Crippen LogP contribution in [0.2, 0.25) is 0 Å². The number of aryl methyl sites for hydroxylation is 1. The summed E-state index contributed by atoms with van der Waals surface area (Å²) >= 11 is 0. The number of nitrogens with one attached hydrogen (secondary N) is 2. The summed E-state index contributed by atoms with van der Waals surface area (Å²) in [5.41, 5.74) is 1.09. The molecule has 0 amide bonds. The maximum absolute atomic E-state index is 5.62. The van der Waals surface area contributed by atoms with Crippen molar-refractivity contribution in [2.75, 3.05) is 27.3 Å². The van der Waals surface area contributed by atoms with Gasteiger partial charge in [0.15, 0.2) is 17.5 Å². The van der Waals surface area contributed by atoms with Gasteiger partial charge >= 0.3 is 0 Å². The highest BCUT2D eigenvalue weighted by Crippen LogP contribution is 2.27. The van der Waals surface area contributed by atoms with Crippen LogP contribution in [0.5, 0.6) is 11.5 Å². The van der Waals surface area contributed by atoms with Crippen molar-refractivity contribution in [1.29, 1.82) is 0 Å². The number of rotatable bonds is 9. The topological polar surface area (TPSA) is 85.6 Å². The van der Waals surface area contributed by atoms with E-state index in [1.165, 1.54) is 0 Å². The quantitative estimate of drug-likeness (QED) is 0.320. The fraction of sp³-hybridized carbons (Fsp3) is 0.500. The lowest BCUT2D eigenvalue weighted by atomic mass is 10.2. The lowest BCUT2D eigenvalue weighted by Gasteiger charge is -2.14. The van der Waals surface area contributed by atoms with E-state index in [2.05, 4.69) is 32.7 Å². The Kier molecular flexibility index (Phi) is 10.5. The summed E-state index contributed by atoms with van der Waals surface area (Å²) in [6.45, 7) is 6.77. The van der Waals surface area contributed by atoms with Gasteiger partial charge in [0.05, 0.1) is 13.7 Å². The van der Waals surface area contributed by atoms with Crippen LogP contribution in [0.3, 0.4) is 0 Å². The first-order valence-electron chi connectivity index (χ1n) is 8.82. The highest BCUT2D eigenvalue weighted by Gasteiger charge is 2.06. The second-order valence-electron chi connectivity index (χ2n) is 5.56. The summed E-state index contributed by atoms with van der Waals surface area (Å²) in [6, 6.07) is 5.90. The van der Waals surface area contributed by atoms with Gasteiger partial charge in [-0.3, -0.25) is 4.99 Å². The molecule has 0 radical (unpaired) electrons. The van der Waals surface area contributed by atoms with E-state index in [-0.39, 0.29) is 24.0 Å². The van der Waals surface area contributed by atoms with Crippen LogP contribution in [-0.4, -0.2) is 48.0 Å². The normalized spacial score (nSPS) is 10.9. The van der Waals surface area contributed by atoms with Crippen LogP contribution in [0, 0.1) is 0 Å². The Morgan fingerprint density at radius 2 is 2.04 bits per heavy atom. The molecule has 1 heterocycles. The molecule has 9 heteroatoms. The summed E-state index contributed by atoms with van der Waals surface area (Å²) in [5.74, 6) is 3.21. The highest BCUT2D eigenvalue weighted by atomic mass is 127. The Bertz CT molecular complexity index is 720. The first-order valence-corrected chi connectivity index (χ1v) is 8.82. The molecule has 0 aliphatic carbocycles. The minimum Gasteiger partial charge on any atom is -0.493 e. The molecular formula is C18H29IN6O2. The third kappa shape index (κ3) is 6.89. The Labute approximate surface area is 177 Å². The van der Waals surface area contributed by atoms with E-state index < -0.39 is 0 Å². The number of nitrogens with zero attached hydrogens (tertiary/aromatic N) is 4. The van der Waals surface area contributed by atoms with Crippen molar-refractivity contribution in [3.63, 3.8) is 0 Å². The molecule has 2 N–H and O–H groups in total. The van der Waals surface area contributed by atoms with E-state index in [0.717, 1.165) is 48.4 Å². The SMILES string of the molecule is CCOc1cc(CNC(=NC)NCCn2cnnc2CC)ccc1OC.I. The molecule has 2 aromatic rings. The summed E-state index contributed by atoms with van der Waals surface area (Å²) in [4.78, 5) is 4.25.